The van der Waals surface area contributed by atoms with Crippen molar-refractivity contribution in [2.75, 3.05) is 31.1 Å². The lowest BCUT2D eigenvalue weighted by Crippen LogP contribution is -2.48. The van der Waals surface area contributed by atoms with Crippen molar-refractivity contribution in [2.24, 2.45) is 0 Å². The van der Waals surface area contributed by atoms with Crippen molar-refractivity contribution in [2.45, 2.75) is 4.90 Å². The molecule has 1 fully saturated rings. The monoisotopic (exact) mass is 358 g/mol. The Balaban J connectivity index is 1.51. The number of aromatic nitrogens is 2. The first-order valence-electron chi connectivity index (χ1n) is 8.06. The molecule has 2 aromatic carbocycles. The minimum absolute atomic E-state index is 0.231. The van der Waals surface area contributed by atoms with E-state index in [9.17, 15) is 13.2 Å². The Morgan fingerprint density at radius 1 is 0.840 bits per heavy atom. The summed E-state index contributed by atoms with van der Waals surface area (Å²) in [6.07, 6.45) is 0. The average molecular weight is 358 g/mol. The van der Waals surface area contributed by atoms with Crippen LogP contribution >= 0.6 is 0 Å². The summed E-state index contributed by atoms with van der Waals surface area (Å²) in [6.45, 7) is 2.07. The van der Waals surface area contributed by atoms with Crippen LogP contribution in [0.1, 0.15) is 0 Å². The molecular weight excluding hydrogens is 340 g/mol. The molecule has 1 aromatic heterocycles. The first-order chi connectivity index (χ1) is 12.0. The summed E-state index contributed by atoms with van der Waals surface area (Å²) in [5.41, 5.74) is 2.26. The van der Waals surface area contributed by atoms with E-state index in [2.05, 4.69) is 14.9 Å². The molecule has 0 atom stereocenters. The fourth-order valence-electron chi connectivity index (χ4n) is 3.15. The number of H-pyrrole nitrogens is 2. The van der Waals surface area contributed by atoms with Crippen molar-refractivity contribution in [3.63, 3.8) is 0 Å². The maximum absolute atomic E-state index is 12.7. The highest BCUT2D eigenvalue weighted by Crippen LogP contribution is 2.23. The molecule has 0 saturated carbocycles. The number of aromatic amines is 2. The summed E-state index contributed by atoms with van der Waals surface area (Å²) in [5, 5.41) is 0. The van der Waals surface area contributed by atoms with Crippen molar-refractivity contribution < 1.29 is 8.42 Å². The van der Waals surface area contributed by atoms with Crippen LogP contribution < -0.4 is 10.6 Å². The van der Waals surface area contributed by atoms with Gasteiger partial charge in [0.2, 0.25) is 10.0 Å². The molecule has 0 radical (unpaired) electrons. The molecule has 4 rings (SSSR count). The average Bonchev–Trinajstić information content (AvgIpc) is 3.01. The second-order valence-electron chi connectivity index (χ2n) is 6.01. The number of fused-ring (bicyclic) bond motifs is 1. The van der Waals surface area contributed by atoms with Gasteiger partial charge in [-0.1, -0.05) is 18.2 Å². The van der Waals surface area contributed by atoms with E-state index in [0.29, 0.717) is 31.1 Å². The van der Waals surface area contributed by atoms with Crippen molar-refractivity contribution >= 4 is 26.7 Å². The summed E-state index contributed by atoms with van der Waals surface area (Å²) in [5.74, 6) is 0. The molecule has 0 unspecified atom stereocenters. The van der Waals surface area contributed by atoms with E-state index >= 15 is 0 Å². The number of sulfonamides is 1. The molecule has 3 aromatic rings. The van der Waals surface area contributed by atoms with Gasteiger partial charge in [0.05, 0.1) is 15.9 Å². The van der Waals surface area contributed by atoms with Gasteiger partial charge in [0.15, 0.2) is 0 Å². The molecule has 2 heterocycles. The predicted molar refractivity (Wildman–Crippen MR) is 96.3 cm³/mol. The van der Waals surface area contributed by atoms with Crippen LogP contribution in [-0.4, -0.2) is 48.9 Å². The number of benzene rings is 2. The van der Waals surface area contributed by atoms with Crippen molar-refractivity contribution in [1.29, 1.82) is 0 Å². The van der Waals surface area contributed by atoms with Gasteiger partial charge in [0.1, 0.15) is 0 Å². The summed E-state index contributed by atoms with van der Waals surface area (Å²) in [6, 6.07) is 14.2. The van der Waals surface area contributed by atoms with E-state index in [1.807, 2.05) is 18.2 Å². The third-order valence-corrected chi connectivity index (χ3v) is 6.40. The second kappa shape index (κ2) is 6.05. The highest BCUT2D eigenvalue weighted by molar-refractivity contribution is 7.89. The number of rotatable bonds is 3. The molecule has 25 heavy (non-hydrogen) atoms. The number of nitrogens with zero attached hydrogens (tertiary/aromatic N) is 2. The largest absolute Gasteiger partial charge is 0.369 e. The van der Waals surface area contributed by atoms with Crippen LogP contribution in [0.5, 0.6) is 0 Å². The zero-order chi connectivity index (χ0) is 17.4. The SMILES string of the molecule is O=c1[nH]c2ccc(N3CCN(S(=O)(=O)c4ccccc4)CC3)cc2[nH]1. The van der Waals surface area contributed by atoms with E-state index in [4.69, 9.17) is 0 Å². The molecule has 8 heteroatoms. The van der Waals surface area contributed by atoms with Gasteiger partial charge in [-0.3, -0.25) is 0 Å². The minimum Gasteiger partial charge on any atom is -0.369 e. The van der Waals surface area contributed by atoms with Gasteiger partial charge in [-0.05, 0) is 30.3 Å². The lowest BCUT2D eigenvalue weighted by Gasteiger charge is -2.35. The van der Waals surface area contributed by atoms with Gasteiger partial charge >= 0.3 is 5.69 Å². The normalized spacial score (nSPS) is 16.4. The van der Waals surface area contributed by atoms with E-state index in [1.54, 1.807) is 30.3 Å². The number of hydrogen-bond donors (Lipinski definition) is 2. The molecule has 0 bridgehead atoms. The first-order valence-corrected chi connectivity index (χ1v) is 9.50. The molecule has 130 valence electrons. The zero-order valence-corrected chi connectivity index (χ0v) is 14.3. The standard InChI is InChI=1S/C17H18N4O3S/c22-17-18-15-7-6-13(12-16(15)19-17)20-8-10-21(11-9-20)25(23,24)14-4-2-1-3-5-14/h1-7,12H,8-11H2,(H2,18,19,22). The van der Waals surface area contributed by atoms with E-state index in [0.717, 1.165) is 16.7 Å². The van der Waals surface area contributed by atoms with E-state index in [1.165, 1.54) is 4.31 Å². The highest BCUT2D eigenvalue weighted by Gasteiger charge is 2.28. The Kier molecular flexibility index (Phi) is 3.85. The predicted octanol–water partition coefficient (Wildman–Crippen LogP) is 1.37. The number of nitrogens with one attached hydrogen (secondary N) is 2. The third kappa shape index (κ3) is 2.94. The summed E-state index contributed by atoms with van der Waals surface area (Å²) >= 11 is 0. The second-order valence-corrected chi connectivity index (χ2v) is 7.95. The topological polar surface area (TPSA) is 89.3 Å². The smallest absolute Gasteiger partial charge is 0.323 e. The summed E-state index contributed by atoms with van der Waals surface area (Å²) < 4.78 is 26.9. The van der Waals surface area contributed by atoms with Gasteiger partial charge in [-0.2, -0.15) is 4.31 Å². The fraction of sp³-hybridized carbons (Fsp3) is 0.235. The Morgan fingerprint density at radius 2 is 1.52 bits per heavy atom. The molecular formula is C17H18N4O3S. The molecule has 7 nitrogen and oxygen atoms in total. The molecule has 1 aliphatic heterocycles. The van der Waals surface area contributed by atoms with Crippen LogP contribution in [0, 0.1) is 0 Å². The van der Waals surface area contributed by atoms with Gasteiger partial charge in [-0.15, -0.1) is 0 Å². The van der Waals surface area contributed by atoms with Gasteiger partial charge < -0.3 is 14.9 Å². The third-order valence-electron chi connectivity index (χ3n) is 4.48. The lowest BCUT2D eigenvalue weighted by atomic mass is 10.2. The number of imidazole rings is 1. The molecule has 1 saturated heterocycles. The van der Waals surface area contributed by atoms with Gasteiger partial charge in [0.25, 0.3) is 0 Å². The molecule has 0 amide bonds. The fourth-order valence-corrected chi connectivity index (χ4v) is 4.59. The van der Waals surface area contributed by atoms with Crippen LogP contribution in [0.15, 0.2) is 58.2 Å². The Bertz CT molecular complexity index is 1050. The Morgan fingerprint density at radius 3 is 2.24 bits per heavy atom. The highest BCUT2D eigenvalue weighted by atomic mass is 32.2. The quantitative estimate of drug-likeness (QED) is 0.740. The number of anilines is 1. The zero-order valence-electron chi connectivity index (χ0n) is 13.5. The lowest BCUT2D eigenvalue weighted by molar-refractivity contribution is 0.385. The van der Waals surface area contributed by atoms with Crippen LogP contribution in [0.3, 0.4) is 0 Å². The summed E-state index contributed by atoms with van der Waals surface area (Å²) in [7, 11) is -3.44. The summed E-state index contributed by atoms with van der Waals surface area (Å²) in [4.78, 5) is 19.3. The van der Waals surface area contributed by atoms with E-state index < -0.39 is 10.0 Å². The van der Waals surface area contributed by atoms with Crippen LogP contribution in [0.25, 0.3) is 11.0 Å². The van der Waals surface area contributed by atoms with E-state index in [-0.39, 0.29) is 5.69 Å². The minimum atomic E-state index is -3.44. The Hall–Kier alpha value is -2.58. The van der Waals surface area contributed by atoms with Crippen molar-refractivity contribution in [3.05, 3.63) is 59.0 Å². The number of piperazine rings is 1. The van der Waals surface area contributed by atoms with Crippen molar-refractivity contribution in [3.8, 4) is 0 Å². The van der Waals surface area contributed by atoms with Gasteiger partial charge in [0, 0.05) is 31.9 Å². The molecule has 1 aliphatic rings. The number of hydrogen-bond acceptors (Lipinski definition) is 4. The maximum atomic E-state index is 12.7. The van der Waals surface area contributed by atoms with Crippen LogP contribution in [0.2, 0.25) is 0 Å². The first kappa shape index (κ1) is 15.9. The van der Waals surface area contributed by atoms with Crippen LogP contribution in [0.4, 0.5) is 5.69 Å². The Labute approximate surface area is 144 Å². The molecule has 0 spiro atoms. The maximum Gasteiger partial charge on any atom is 0.323 e. The molecule has 2 N–H and O–H groups in total. The molecule has 0 aliphatic carbocycles. The van der Waals surface area contributed by atoms with Crippen molar-refractivity contribution in [1.82, 2.24) is 14.3 Å². The van der Waals surface area contributed by atoms with Gasteiger partial charge in [-0.25, -0.2) is 13.2 Å². The van der Waals surface area contributed by atoms with Crippen LogP contribution in [-0.2, 0) is 10.0 Å².